The molecule has 6 rings (SSSR count). The third-order valence-electron chi connectivity index (χ3n) is 11.0. The van der Waals surface area contributed by atoms with E-state index in [1.165, 1.54) is 38.7 Å². The van der Waals surface area contributed by atoms with Crippen LogP contribution < -0.4 is 10.7 Å². The van der Waals surface area contributed by atoms with E-state index in [-0.39, 0.29) is 42.2 Å². The van der Waals surface area contributed by atoms with Crippen LogP contribution >= 0.6 is 15.9 Å². The lowest BCUT2D eigenvalue weighted by Crippen LogP contribution is -2.61. The highest BCUT2D eigenvalue weighted by Crippen LogP contribution is 2.46. The Kier molecular flexibility index (Phi) is 11.0. The first-order valence-corrected chi connectivity index (χ1v) is 17.5. The summed E-state index contributed by atoms with van der Waals surface area (Å²) in [7, 11) is 0. The van der Waals surface area contributed by atoms with E-state index in [2.05, 4.69) is 43.2 Å². The van der Waals surface area contributed by atoms with E-state index in [0.717, 1.165) is 57.8 Å². The van der Waals surface area contributed by atoms with Crippen molar-refractivity contribution in [3.05, 3.63) is 12.7 Å². The Balaban J connectivity index is 0.000000682. The summed E-state index contributed by atoms with van der Waals surface area (Å²) in [5.74, 6) is 1.57. The minimum atomic E-state index is -3.24. The van der Waals surface area contributed by atoms with Crippen LogP contribution in [0.25, 0.3) is 0 Å². The molecule has 3 saturated heterocycles. The monoisotopic (exact) mass is 672 g/mol. The number of piperidine rings is 2. The molecule has 6 fully saturated rings. The topological polar surface area (TPSA) is 94.1 Å². The summed E-state index contributed by atoms with van der Waals surface area (Å²) >= 11 is 3.41. The first-order valence-electron chi connectivity index (χ1n) is 16.6. The zero-order chi connectivity index (χ0) is 30.9. The summed E-state index contributed by atoms with van der Waals surface area (Å²) in [6.45, 7) is 6.58. The van der Waals surface area contributed by atoms with Crippen molar-refractivity contribution in [3.63, 3.8) is 0 Å². The highest BCUT2D eigenvalue weighted by molar-refractivity contribution is 9.09. The van der Waals surface area contributed by atoms with Crippen LogP contribution in [0.3, 0.4) is 0 Å². The van der Waals surface area contributed by atoms with E-state index in [1.54, 1.807) is 0 Å². The molecule has 3 N–H and O–H groups in total. The number of ketones is 1. The van der Waals surface area contributed by atoms with Gasteiger partial charge in [0.1, 0.15) is 0 Å². The van der Waals surface area contributed by atoms with Gasteiger partial charge in [0.05, 0.1) is 29.1 Å². The van der Waals surface area contributed by atoms with Gasteiger partial charge in [0, 0.05) is 44.1 Å². The van der Waals surface area contributed by atoms with Gasteiger partial charge in [0.25, 0.3) is 0 Å². The Bertz CT molecular complexity index is 997. The van der Waals surface area contributed by atoms with Crippen molar-refractivity contribution in [1.29, 1.82) is 0 Å². The van der Waals surface area contributed by atoms with Crippen molar-refractivity contribution in [1.82, 2.24) is 20.7 Å². The molecular weight excluding hydrogens is 622 g/mol. The molecule has 6 aliphatic rings. The standard InChI is InChI=1S/C28H45BrF2N4O3.C4H6O/c1-28(30,31)38-24-14-18(15-32-26(24)29)27(37)34-12-11-22-25-19(7-2-3-8-21(25)34)33-35(22)20-10-9-17(13-23(20)36)16-5-4-6-16;1-3-4(2)5/h16-26,32-33,36H,2-15H2,1H3;3H,1H2,2H3/t17?,18?,19?,20?,21-,22?,23?,24?,25?,26?;/m0./s1. The van der Waals surface area contributed by atoms with Crippen LogP contribution in [0.15, 0.2) is 12.7 Å². The van der Waals surface area contributed by atoms with Crippen molar-refractivity contribution in [2.24, 2.45) is 23.7 Å². The van der Waals surface area contributed by atoms with E-state index < -0.39 is 17.2 Å². The molecule has 3 aliphatic carbocycles. The third-order valence-corrected chi connectivity index (χ3v) is 11.9. The number of ether oxygens (including phenoxy) is 1. The molecule has 0 bridgehead atoms. The number of hydrogen-bond donors (Lipinski definition) is 3. The normalized spacial score (nSPS) is 40.4. The fraction of sp³-hybridized carbons (Fsp3) is 0.875. The zero-order valence-electron chi connectivity index (χ0n) is 25.7. The van der Waals surface area contributed by atoms with Gasteiger partial charge in [-0.2, -0.15) is 8.78 Å². The number of alkyl halides is 3. The summed E-state index contributed by atoms with van der Waals surface area (Å²) in [6, 6.07) is 0.964. The predicted molar refractivity (Wildman–Crippen MR) is 164 cm³/mol. The predicted octanol–water partition coefficient (Wildman–Crippen LogP) is 4.75. The molecule has 3 heterocycles. The first kappa shape index (κ1) is 33.4. The lowest BCUT2D eigenvalue weighted by molar-refractivity contribution is -0.255. The molecule has 0 aromatic heterocycles. The summed E-state index contributed by atoms with van der Waals surface area (Å²) in [6.07, 6.45) is 9.69. The number of aliphatic hydroxyl groups excluding tert-OH is 1. The van der Waals surface area contributed by atoms with E-state index >= 15 is 0 Å². The van der Waals surface area contributed by atoms with Gasteiger partial charge >= 0.3 is 6.11 Å². The number of amides is 1. The number of allylic oxidation sites excluding steroid dienone is 1. The van der Waals surface area contributed by atoms with Crippen LogP contribution in [0.4, 0.5) is 8.78 Å². The lowest BCUT2D eigenvalue weighted by atomic mass is 9.68. The molecule has 244 valence electrons. The largest absolute Gasteiger partial charge is 0.391 e. The minimum absolute atomic E-state index is 0.0185. The Morgan fingerprint density at radius 1 is 1.00 bits per heavy atom. The third kappa shape index (κ3) is 7.71. The molecule has 3 aliphatic heterocycles. The van der Waals surface area contributed by atoms with Gasteiger partial charge in [-0.15, -0.1) is 0 Å². The van der Waals surface area contributed by atoms with Gasteiger partial charge in [0.2, 0.25) is 5.91 Å². The number of nitrogens with zero attached hydrogens (tertiary/aromatic N) is 2. The van der Waals surface area contributed by atoms with Crippen molar-refractivity contribution in [2.75, 3.05) is 13.1 Å². The average molecular weight is 674 g/mol. The number of carbonyl (C=O) groups is 2. The summed E-state index contributed by atoms with van der Waals surface area (Å²) in [5, 5.41) is 16.9. The van der Waals surface area contributed by atoms with Gasteiger partial charge in [-0.05, 0) is 69.8 Å². The molecule has 0 aromatic carbocycles. The Hall–Kier alpha value is -0.980. The highest BCUT2D eigenvalue weighted by Gasteiger charge is 2.55. The molecular formula is C32H51BrF2N4O4. The number of carbonyl (C=O) groups excluding carboxylic acids is 2. The average Bonchev–Trinajstić information content (AvgIpc) is 3.15. The maximum Gasteiger partial charge on any atom is 0.353 e. The molecule has 3 saturated carbocycles. The fourth-order valence-electron chi connectivity index (χ4n) is 8.76. The SMILES string of the molecule is C=CC(C)=O.CC(F)(F)OC1CC(C(=O)N2CCC3C4C(CCCC[C@@H]42)NN3C2CCC(C3CCC3)CC2O)CNC1Br. The number of halogens is 3. The quantitative estimate of drug-likeness (QED) is 0.213. The van der Waals surface area contributed by atoms with E-state index in [9.17, 15) is 23.5 Å². The second kappa shape index (κ2) is 14.2. The van der Waals surface area contributed by atoms with Crippen molar-refractivity contribution in [2.45, 2.75) is 138 Å². The molecule has 43 heavy (non-hydrogen) atoms. The summed E-state index contributed by atoms with van der Waals surface area (Å²) in [5.41, 5.74) is 3.87. The Labute approximate surface area is 263 Å². The molecule has 8 nitrogen and oxygen atoms in total. The Morgan fingerprint density at radius 3 is 2.35 bits per heavy atom. The van der Waals surface area contributed by atoms with Gasteiger partial charge in [-0.25, -0.2) is 5.01 Å². The maximum absolute atomic E-state index is 13.9. The number of hydrogen-bond acceptors (Lipinski definition) is 7. The second-order valence-corrected chi connectivity index (χ2v) is 14.9. The van der Waals surface area contributed by atoms with Crippen LogP contribution in [-0.2, 0) is 14.3 Å². The minimum Gasteiger partial charge on any atom is -0.391 e. The van der Waals surface area contributed by atoms with E-state index in [0.29, 0.717) is 37.0 Å². The van der Waals surface area contributed by atoms with Gasteiger partial charge in [-0.3, -0.25) is 15.0 Å². The fourth-order valence-corrected chi connectivity index (χ4v) is 9.27. The number of likely N-dealkylation sites (tertiary alicyclic amines) is 1. The van der Waals surface area contributed by atoms with Crippen LogP contribution in [0.2, 0.25) is 0 Å². The van der Waals surface area contributed by atoms with Crippen molar-refractivity contribution >= 4 is 27.6 Å². The van der Waals surface area contributed by atoms with Crippen LogP contribution in [-0.4, -0.2) is 87.2 Å². The highest BCUT2D eigenvalue weighted by atomic mass is 79.9. The van der Waals surface area contributed by atoms with Gasteiger partial charge < -0.3 is 20.1 Å². The van der Waals surface area contributed by atoms with Crippen LogP contribution in [0, 0.1) is 23.7 Å². The second-order valence-electron chi connectivity index (χ2n) is 13.9. The number of rotatable bonds is 6. The maximum atomic E-state index is 13.9. The molecule has 1 amide bonds. The molecule has 0 aromatic rings. The van der Waals surface area contributed by atoms with Crippen LogP contribution in [0.1, 0.15) is 90.9 Å². The first-order chi connectivity index (χ1) is 20.5. The molecule has 10 atom stereocenters. The van der Waals surface area contributed by atoms with E-state index in [4.69, 9.17) is 4.74 Å². The number of hydrazine groups is 1. The van der Waals surface area contributed by atoms with Crippen LogP contribution in [0.5, 0.6) is 0 Å². The lowest BCUT2D eigenvalue weighted by Gasteiger charge is -2.49. The summed E-state index contributed by atoms with van der Waals surface area (Å²) in [4.78, 5) is 25.3. The molecule has 0 spiro atoms. The van der Waals surface area contributed by atoms with Crippen molar-refractivity contribution in [3.8, 4) is 0 Å². The Morgan fingerprint density at radius 2 is 1.72 bits per heavy atom. The smallest absolute Gasteiger partial charge is 0.353 e. The summed E-state index contributed by atoms with van der Waals surface area (Å²) < 4.78 is 32.3. The van der Waals surface area contributed by atoms with Gasteiger partial charge in [0.15, 0.2) is 5.78 Å². The van der Waals surface area contributed by atoms with Gasteiger partial charge in [-0.1, -0.05) is 54.6 Å². The molecule has 11 heteroatoms. The number of aliphatic hydroxyl groups is 1. The molecule has 9 unspecified atom stereocenters. The molecule has 0 radical (unpaired) electrons. The van der Waals surface area contributed by atoms with Crippen molar-refractivity contribution < 1.29 is 28.2 Å². The van der Waals surface area contributed by atoms with E-state index in [1.807, 2.05) is 0 Å². The zero-order valence-corrected chi connectivity index (χ0v) is 27.3. The number of nitrogens with one attached hydrogen (secondary N) is 2.